The lowest BCUT2D eigenvalue weighted by Crippen LogP contribution is -2.25. The van der Waals surface area contributed by atoms with Crippen molar-refractivity contribution in [1.82, 2.24) is 10.3 Å². The van der Waals surface area contributed by atoms with E-state index in [1.165, 1.54) is 11.1 Å². The summed E-state index contributed by atoms with van der Waals surface area (Å²) < 4.78 is 5.37. The van der Waals surface area contributed by atoms with Gasteiger partial charge in [-0.1, -0.05) is 45.0 Å². The molecule has 23 heavy (non-hydrogen) atoms. The number of aryl methyl sites for hydroxylation is 2. The van der Waals surface area contributed by atoms with Gasteiger partial charge >= 0.3 is 0 Å². The number of nitrogens with zero attached hydrogens (tertiary/aromatic N) is 1. The molecule has 124 valence electrons. The van der Waals surface area contributed by atoms with Crippen molar-refractivity contribution in [1.29, 1.82) is 0 Å². The average molecular weight is 314 g/mol. The van der Waals surface area contributed by atoms with Crippen LogP contribution in [0.15, 0.2) is 34.9 Å². The molecule has 1 aromatic carbocycles. The van der Waals surface area contributed by atoms with Crippen molar-refractivity contribution < 1.29 is 9.21 Å². The molecule has 0 unspecified atom stereocenters. The molecule has 0 aliphatic carbocycles. The number of amides is 1. The number of rotatable bonds is 6. The predicted octanol–water partition coefficient (Wildman–Crippen LogP) is 3.57. The molecule has 1 aromatic heterocycles. The molecule has 0 aliphatic rings. The van der Waals surface area contributed by atoms with Gasteiger partial charge in [0.1, 0.15) is 5.76 Å². The summed E-state index contributed by atoms with van der Waals surface area (Å²) in [6.07, 6.45) is 3.58. The zero-order valence-corrected chi connectivity index (χ0v) is 14.5. The van der Waals surface area contributed by atoms with Crippen molar-refractivity contribution in [2.75, 3.05) is 6.54 Å². The van der Waals surface area contributed by atoms with Crippen molar-refractivity contribution in [2.24, 2.45) is 0 Å². The van der Waals surface area contributed by atoms with Gasteiger partial charge in [0.05, 0.1) is 6.20 Å². The Morgan fingerprint density at radius 2 is 1.87 bits per heavy atom. The molecule has 0 fully saturated rings. The van der Waals surface area contributed by atoms with Crippen LogP contribution in [0.5, 0.6) is 0 Å². The second kappa shape index (κ2) is 7.44. The van der Waals surface area contributed by atoms with Crippen molar-refractivity contribution >= 4 is 5.91 Å². The second-order valence-corrected chi connectivity index (χ2v) is 6.91. The third kappa shape index (κ3) is 5.55. The highest BCUT2D eigenvalue weighted by Gasteiger charge is 2.13. The molecule has 0 aliphatic heterocycles. The Morgan fingerprint density at radius 3 is 2.43 bits per heavy atom. The molecule has 1 heterocycles. The largest absolute Gasteiger partial charge is 0.446 e. The highest BCUT2D eigenvalue weighted by Crippen LogP contribution is 2.22. The smallest absolute Gasteiger partial charge is 0.220 e. The Bertz CT molecular complexity index is 636. The van der Waals surface area contributed by atoms with Crippen LogP contribution in [0.1, 0.15) is 50.0 Å². The van der Waals surface area contributed by atoms with Crippen LogP contribution in [0.3, 0.4) is 0 Å². The van der Waals surface area contributed by atoms with Crippen molar-refractivity contribution in [3.63, 3.8) is 0 Å². The van der Waals surface area contributed by atoms with E-state index >= 15 is 0 Å². The fourth-order valence-corrected chi connectivity index (χ4v) is 2.34. The van der Waals surface area contributed by atoms with Gasteiger partial charge in [-0.25, -0.2) is 4.98 Å². The second-order valence-electron chi connectivity index (χ2n) is 6.91. The van der Waals surface area contributed by atoms with Gasteiger partial charge in [-0.15, -0.1) is 0 Å². The summed E-state index contributed by atoms with van der Waals surface area (Å²) >= 11 is 0. The first-order valence-corrected chi connectivity index (χ1v) is 8.12. The quantitative estimate of drug-likeness (QED) is 0.887. The van der Waals surface area contributed by atoms with Gasteiger partial charge in [0, 0.05) is 19.4 Å². The van der Waals surface area contributed by atoms with Crippen LogP contribution < -0.4 is 5.32 Å². The minimum Gasteiger partial charge on any atom is -0.446 e. The molecule has 0 radical (unpaired) electrons. The van der Waals surface area contributed by atoms with Gasteiger partial charge < -0.3 is 9.73 Å². The van der Waals surface area contributed by atoms with E-state index in [1.54, 1.807) is 6.20 Å². The number of oxazole rings is 1. The molecular weight excluding hydrogens is 288 g/mol. The van der Waals surface area contributed by atoms with Crippen LogP contribution >= 0.6 is 0 Å². The Labute approximate surface area is 138 Å². The number of benzene rings is 1. The first kappa shape index (κ1) is 17.3. The van der Waals surface area contributed by atoms with Crippen LogP contribution in [0.4, 0.5) is 0 Å². The van der Waals surface area contributed by atoms with Crippen molar-refractivity contribution in [2.45, 2.75) is 52.4 Å². The summed E-state index contributed by atoms with van der Waals surface area (Å²) in [6.45, 7) is 9.02. The van der Waals surface area contributed by atoms with E-state index in [9.17, 15) is 4.79 Å². The maximum absolute atomic E-state index is 11.9. The van der Waals surface area contributed by atoms with E-state index in [-0.39, 0.29) is 11.3 Å². The number of hydrogen-bond donors (Lipinski definition) is 1. The molecule has 0 saturated heterocycles. The summed E-state index contributed by atoms with van der Waals surface area (Å²) in [6, 6.07) is 8.53. The average Bonchev–Trinajstić information content (AvgIpc) is 2.90. The lowest BCUT2D eigenvalue weighted by atomic mass is 9.86. The van der Waals surface area contributed by atoms with Crippen LogP contribution in [-0.2, 0) is 23.1 Å². The lowest BCUT2D eigenvalue weighted by Gasteiger charge is -2.19. The monoisotopic (exact) mass is 314 g/mol. The maximum atomic E-state index is 11.9. The molecule has 2 aromatic rings. The Balaban J connectivity index is 1.71. The van der Waals surface area contributed by atoms with Crippen LogP contribution in [0.25, 0.3) is 0 Å². The standard InChI is InChI=1S/C19H26N2O2/c1-14-13-21-18(23-14)11-12-20-17(22)10-7-15-5-8-16(9-6-15)19(2,3)4/h5-6,8-9,13H,7,10-12H2,1-4H3,(H,20,22). The summed E-state index contributed by atoms with van der Waals surface area (Å²) in [5.74, 6) is 1.53. The minimum atomic E-state index is 0.0631. The van der Waals surface area contributed by atoms with Gasteiger partial charge in [-0.3, -0.25) is 4.79 Å². The van der Waals surface area contributed by atoms with Crippen molar-refractivity contribution in [3.05, 3.63) is 53.2 Å². The lowest BCUT2D eigenvalue weighted by molar-refractivity contribution is -0.121. The zero-order chi connectivity index (χ0) is 16.9. The molecule has 4 heteroatoms. The van der Waals surface area contributed by atoms with Gasteiger partial charge in [-0.05, 0) is 29.9 Å². The highest BCUT2D eigenvalue weighted by molar-refractivity contribution is 5.76. The van der Waals surface area contributed by atoms with Gasteiger partial charge in [-0.2, -0.15) is 0 Å². The number of aromatic nitrogens is 1. The molecule has 4 nitrogen and oxygen atoms in total. The topological polar surface area (TPSA) is 55.1 Å². The molecule has 0 atom stereocenters. The van der Waals surface area contributed by atoms with E-state index in [2.05, 4.69) is 55.3 Å². The summed E-state index contributed by atoms with van der Waals surface area (Å²) in [4.78, 5) is 16.0. The normalized spacial score (nSPS) is 11.5. The summed E-state index contributed by atoms with van der Waals surface area (Å²) in [5, 5.41) is 2.91. The van der Waals surface area contributed by atoms with Crippen LogP contribution in [0.2, 0.25) is 0 Å². The third-order valence-electron chi connectivity index (χ3n) is 3.79. The first-order chi connectivity index (χ1) is 10.8. The van der Waals surface area contributed by atoms with E-state index in [1.807, 2.05) is 6.92 Å². The van der Waals surface area contributed by atoms with Crippen molar-refractivity contribution in [3.8, 4) is 0 Å². The molecule has 0 spiro atoms. The fourth-order valence-electron chi connectivity index (χ4n) is 2.34. The molecule has 0 saturated carbocycles. The third-order valence-corrected chi connectivity index (χ3v) is 3.79. The summed E-state index contributed by atoms with van der Waals surface area (Å²) in [7, 11) is 0. The number of carbonyl (C=O) groups is 1. The van der Waals surface area contributed by atoms with Gasteiger partial charge in [0.25, 0.3) is 0 Å². The van der Waals surface area contributed by atoms with E-state index in [0.717, 1.165) is 12.2 Å². The molecule has 1 N–H and O–H groups in total. The van der Waals surface area contributed by atoms with Gasteiger partial charge in [0.2, 0.25) is 5.91 Å². The minimum absolute atomic E-state index is 0.0631. The van der Waals surface area contributed by atoms with E-state index < -0.39 is 0 Å². The van der Waals surface area contributed by atoms with E-state index in [4.69, 9.17) is 4.42 Å². The molecule has 2 rings (SSSR count). The van der Waals surface area contributed by atoms with Gasteiger partial charge in [0.15, 0.2) is 5.89 Å². The summed E-state index contributed by atoms with van der Waals surface area (Å²) in [5.41, 5.74) is 2.66. The number of hydrogen-bond acceptors (Lipinski definition) is 3. The van der Waals surface area contributed by atoms with Crippen LogP contribution in [0, 0.1) is 6.92 Å². The highest BCUT2D eigenvalue weighted by atomic mass is 16.4. The predicted molar refractivity (Wildman–Crippen MR) is 91.4 cm³/mol. The number of nitrogens with one attached hydrogen (secondary N) is 1. The molecule has 1 amide bonds. The Morgan fingerprint density at radius 1 is 1.17 bits per heavy atom. The fraction of sp³-hybridized carbons (Fsp3) is 0.474. The van der Waals surface area contributed by atoms with Crippen LogP contribution in [-0.4, -0.2) is 17.4 Å². The Kier molecular flexibility index (Phi) is 5.59. The number of carbonyl (C=O) groups excluding carboxylic acids is 1. The maximum Gasteiger partial charge on any atom is 0.220 e. The first-order valence-electron chi connectivity index (χ1n) is 8.12. The molecule has 0 bridgehead atoms. The van der Waals surface area contributed by atoms with E-state index in [0.29, 0.717) is 25.3 Å². The Hall–Kier alpha value is -2.10. The zero-order valence-electron chi connectivity index (χ0n) is 14.5. The SMILES string of the molecule is Cc1cnc(CCNC(=O)CCc2ccc(C(C)(C)C)cc2)o1. The molecular formula is C19H26N2O2.